The largest absolute Gasteiger partial charge is 0.481 e. The molecular weight excluding hydrogens is 244 g/mol. The fourth-order valence-corrected chi connectivity index (χ4v) is 2.46. The van der Waals surface area contributed by atoms with Gasteiger partial charge in [0.25, 0.3) is 0 Å². The van der Waals surface area contributed by atoms with Crippen LogP contribution in [0.3, 0.4) is 0 Å². The Bertz CT molecular complexity index is 420. The molecule has 0 aromatic carbocycles. The second kappa shape index (κ2) is 6.21. The maximum Gasteiger partial charge on any atom is 0.306 e. The Morgan fingerprint density at radius 3 is 2.58 bits per heavy atom. The van der Waals surface area contributed by atoms with Crippen molar-refractivity contribution in [1.29, 1.82) is 0 Å². The third-order valence-electron chi connectivity index (χ3n) is 3.51. The van der Waals surface area contributed by atoms with Gasteiger partial charge in [0.15, 0.2) is 0 Å². The van der Waals surface area contributed by atoms with E-state index in [-0.39, 0.29) is 5.92 Å². The summed E-state index contributed by atoms with van der Waals surface area (Å²) < 4.78 is 5.77. The quantitative estimate of drug-likeness (QED) is 0.878. The Morgan fingerprint density at radius 1 is 1.37 bits per heavy atom. The van der Waals surface area contributed by atoms with E-state index in [9.17, 15) is 4.79 Å². The Balaban J connectivity index is 1.82. The van der Waals surface area contributed by atoms with Gasteiger partial charge < -0.3 is 14.4 Å². The molecule has 5 heteroatoms. The molecule has 1 saturated heterocycles. The minimum atomic E-state index is -0.661. The molecule has 0 saturated carbocycles. The topological polar surface area (TPSA) is 56.9 Å². The van der Waals surface area contributed by atoms with Crippen molar-refractivity contribution in [3.05, 3.63) is 23.7 Å². The number of carbonyl (C=O) groups is 1. The highest BCUT2D eigenvalue weighted by atomic mass is 16.4. The normalized spacial score (nSPS) is 18.1. The van der Waals surface area contributed by atoms with E-state index in [1.807, 2.05) is 26.2 Å². The molecule has 19 heavy (non-hydrogen) atoms. The number of piperidine rings is 1. The average Bonchev–Trinajstić information content (AvgIpc) is 2.76. The van der Waals surface area contributed by atoms with Crippen LogP contribution in [0.15, 0.2) is 16.5 Å². The van der Waals surface area contributed by atoms with E-state index in [4.69, 9.17) is 9.52 Å². The van der Waals surface area contributed by atoms with Crippen LogP contribution in [0.2, 0.25) is 0 Å². The molecule has 1 aromatic heterocycles. The SMILES string of the molecule is CN(C)Cc1ccc(CN2CCC(C(=O)O)CC2)o1. The molecule has 5 nitrogen and oxygen atoms in total. The van der Waals surface area contributed by atoms with Crippen molar-refractivity contribution >= 4 is 5.97 Å². The molecule has 0 spiro atoms. The lowest BCUT2D eigenvalue weighted by atomic mass is 9.97. The summed E-state index contributed by atoms with van der Waals surface area (Å²) in [4.78, 5) is 15.2. The zero-order valence-electron chi connectivity index (χ0n) is 11.6. The highest BCUT2D eigenvalue weighted by Gasteiger charge is 2.24. The van der Waals surface area contributed by atoms with Gasteiger partial charge in [-0.2, -0.15) is 0 Å². The molecule has 1 aliphatic rings. The number of furan rings is 1. The monoisotopic (exact) mass is 266 g/mol. The number of rotatable bonds is 5. The number of hydrogen-bond acceptors (Lipinski definition) is 4. The first-order valence-electron chi connectivity index (χ1n) is 6.72. The van der Waals surface area contributed by atoms with Crippen LogP contribution in [0.4, 0.5) is 0 Å². The second-order valence-corrected chi connectivity index (χ2v) is 5.49. The molecule has 0 atom stereocenters. The number of carboxylic acids is 1. The third-order valence-corrected chi connectivity index (χ3v) is 3.51. The summed E-state index contributed by atoms with van der Waals surface area (Å²) in [5, 5.41) is 8.96. The average molecular weight is 266 g/mol. The van der Waals surface area contributed by atoms with Crippen molar-refractivity contribution in [2.75, 3.05) is 27.2 Å². The molecule has 1 aromatic rings. The lowest BCUT2D eigenvalue weighted by Gasteiger charge is -2.29. The number of carboxylic acid groups (broad SMARTS) is 1. The maximum atomic E-state index is 10.9. The van der Waals surface area contributed by atoms with Gasteiger partial charge in [-0.3, -0.25) is 9.69 Å². The zero-order valence-corrected chi connectivity index (χ0v) is 11.6. The van der Waals surface area contributed by atoms with Gasteiger partial charge in [-0.25, -0.2) is 0 Å². The number of hydrogen-bond donors (Lipinski definition) is 1. The summed E-state index contributed by atoms with van der Waals surface area (Å²) in [6.07, 6.45) is 1.47. The summed E-state index contributed by atoms with van der Waals surface area (Å²) in [5.74, 6) is 1.11. The van der Waals surface area contributed by atoms with Crippen molar-refractivity contribution in [3.8, 4) is 0 Å². The van der Waals surface area contributed by atoms with E-state index in [2.05, 4.69) is 9.80 Å². The number of nitrogens with zero attached hydrogens (tertiary/aromatic N) is 2. The van der Waals surface area contributed by atoms with Crippen LogP contribution in [0.5, 0.6) is 0 Å². The van der Waals surface area contributed by atoms with E-state index in [1.54, 1.807) is 0 Å². The lowest BCUT2D eigenvalue weighted by Crippen LogP contribution is -2.35. The first-order valence-corrected chi connectivity index (χ1v) is 6.72. The summed E-state index contributed by atoms with van der Waals surface area (Å²) in [7, 11) is 4.03. The van der Waals surface area contributed by atoms with Crippen molar-refractivity contribution < 1.29 is 14.3 Å². The molecule has 2 heterocycles. The standard InChI is InChI=1S/C14H22N2O3/c1-15(2)9-12-3-4-13(19-12)10-16-7-5-11(6-8-16)14(17)18/h3-4,11H,5-10H2,1-2H3,(H,17,18). The number of likely N-dealkylation sites (tertiary alicyclic amines) is 1. The molecule has 0 aliphatic carbocycles. The molecule has 0 unspecified atom stereocenters. The first kappa shape index (κ1) is 14.1. The van der Waals surface area contributed by atoms with Gasteiger partial charge in [-0.1, -0.05) is 0 Å². The Kier molecular flexibility index (Phi) is 4.61. The Hall–Kier alpha value is -1.33. The fraction of sp³-hybridized carbons (Fsp3) is 0.643. The van der Waals surface area contributed by atoms with Crippen molar-refractivity contribution in [1.82, 2.24) is 9.80 Å². The van der Waals surface area contributed by atoms with E-state index in [0.717, 1.165) is 50.5 Å². The molecule has 1 fully saturated rings. The van der Waals surface area contributed by atoms with Gasteiger partial charge in [0.05, 0.1) is 19.0 Å². The van der Waals surface area contributed by atoms with Crippen LogP contribution in [0.25, 0.3) is 0 Å². The Morgan fingerprint density at radius 2 is 2.00 bits per heavy atom. The van der Waals surface area contributed by atoms with E-state index >= 15 is 0 Å². The smallest absolute Gasteiger partial charge is 0.306 e. The highest BCUT2D eigenvalue weighted by molar-refractivity contribution is 5.70. The Labute approximate surface area is 113 Å². The van der Waals surface area contributed by atoms with Crippen LogP contribution in [0.1, 0.15) is 24.4 Å². The van der Waals surface area contributed by atoms with E-state index in [1.165, 1.54) is 0 Å². The minimum absolute atomic E-state index is 0.169. The summed E-state index contributed by atoms with van der Waals surface area (Å²) in [5.41, 5.74) is 0. The minimum Gasteiger partial charge on any atom is -0.481 e. The molecule has 0 bridgehead atoms. The molecule has 0 radical (unpaired) electrons. The third kappa shape index (κ3) is 4.08. The van der Waals surface area contributed by atoms with Crippen molar-refractivity contribution in [2.45, 2.75) is 25.9 Å². The fourth-order valence-electron chi connectivity index (χ4n) is 2.46. The van der Waals surface area contributed by atoms with Gasteiger partial charge in [0.1, 0.15) is 11.5 Å². The molecule has 1 aliphatic heterocycles. The van der Waals surface area contributed by atoms with Crippen molar-refractivity contribution in [2.24, 2.45) is 5.92 Å². The highest BCUT2D eigenvalue weighted by Crippen LogP contribution is 2.20. The lowest BCUT2D eigenvalue weighted by molar-refractivity contribution is -0.143. The summed E-state index contributed by atoms with van der Waals surface area (Å²) in [6.45, 7) is 3.25. The molecular formula is C14H22N2O3. The second-order valence-electron chi connectivity index (χ2n) is 5.49. The van der Waals surface area contributed by atoms with Gasteiger partial charge in [0.2, 0.25) is 0 Å². The van der Waals surface area contributed by atoms with Gasteiger partial charge in [-0.05, 0) is 52.2 Å². The van der Waals surface area contributed by atoms with Crippen LogP contribution in [-0.4, -0.2) is 48.1 Å². The first-order chi connectivity index (χ1) is 9.04. The van der Waals surface area contributed by atoms with Gasteiger partial charge in [0, 0.05) is 0 Å². The number of aliphatic carboxylic acids is 1. The zero-order chi connectivity index (χ0) is 13.8. The van der Waals surface area contributed by atoms with E-state index in [0.29, 0.717) is 0 Å². The molecule has 106 valence electrons. The van der Waals surface area contributed by atoms with Gasteiger partial charge in [-0.15, -0.1) is 0 Å². The summed E-state index contributed by atoms with van der Waals surface area (Å²) >= 11 is 0. The van der Waals surface area contributed by atoms with Crippen LogP contribution in [0, 0.1) is 5.92 Å². The molecule has 2 rings (SSSR count). The van der Waals surface area contributed by atoms with Crippen LogP contribution < -0.4 is 0 Å². The van der Waals surface area contributed by atoms with Crippen molar-refractivity contribution in [3.63, 3.8) is 0 Å². The maximum absolute atomic E-state index is 10.9. The molecule has 1 N–H and O–H groups in total. The van der Waals surface area contributed by atoms with E-state index < -0.39 is 5.97 Å². The molecule has 0 amide bonds. The summed E-state index contributed by atoms with van der Waals surface area (Å²) in [6, 6.07) is 4.03. The predicted octanol–water partition coefficient (Wildman–Crippen LogP) is 1.64. The van der Waals surface area contributed by atoms with Crippen LogP contribution in [-0.2, 0) is 17.9 Å². The van der Waals surface area contributed by atoms with Crippen LogP contribution >= 0.6 is 0 Å². The predicted molar refractivity (Wildman–Crippen MR) is 71.7 cm³/mol. The van der Waals surface area contributed by atoms with Gasteiger partial charge >= 0.3 is 5.97 Å².